The zero-order chi connectivity index (χ0) is 15.1. The van der Waals surface area contributed by atoms with Crippen molar-refractivity contribution in [2.24, 2.45) is 0 Å². The highest BCUT2D eigenvalue weighted by Gasteiger charge is 2.08. The Hall–Kier alpha value is -2.39. The Labute approximate surface area is 135 Å². The molecule has 0 fully saturated rings. The maximum atomic E-state index is 12.7. The minimum absolute atomic E-state index is 0.0100. The molecule has 4 rings (SSSR count). The lowest BCUT2D eigenvalue weighted by Gasteiger charge is -2.05. The molecule has 0 saturated heterocycles. The summed E-state index contributed by atoms with van der Waals surface area (Å²) in [6.45, 7) is 0. The lowest BCUT2D eigenvalue weighted by atomic mass is 10.0. The van der Waals surface area contributed by atoms with Crippen molar-refractivity contribution in [2.45, 2.75) is 0 Å². The summed E-state index contributed by atoms with van der Waals surface area (Å²) in [5.41, 5.74) is 3.32. The predicted molar refractivity (Wildman–Crippen MR) is 93.1 cm³/mol. The second-order valence-corrected chi connectivity index (χ2v) is 6.06. The van der Waals surface area contributed by atoms with Crippen LogP contribution in [0.25, 0.3) is 33.1 Å². The third-order valence-electron chi connectivity index (χ3n) is 3.75. The van der Waals surface area contributed by atoms with Crippen molar-refractivity contribution in [3.05, 3.63) is 81.4 Å². The third kappa shape index (κ3) is 2.14. The van der Waals surface area contributed by atoms with Crippen LogP contribution in [0.4, 0.5) is 0 Å². The number of benzene rings is 3. The van der Waals surface area contributed by atoms with E-state index in [0.717, 1.165) is 15.6 Å². The zero-order valence-corrected chi connectivity index (χ0v) is 13.1. The SMILES string of the molecule is O=c1c2ccccc2oc2ccc(-c3ccc(Br)cc3)cc12. The molecule has 3 heteroatoms. The highest BCUT2D eigenvalue weighted by molar-refractivity contribution is 9.10. The molecule has 0 aliphatic carbocycles. The Balaban J connectivity index is 2.01. The highest BCUT2D eigenvalue weighted by Crippen LogP contribution is 2.26. The molecule has 0 spiro atoms. The van der Waals surface area contributed by atoms with Gasteiger partial charge in [-0.15, -0.1) is 0 Å². The summed E-state index contributed by atoms with van der Waals surface area (Å²) >= 11 is 3.43. The fourth-order valence-electron chi connectivity index (χ4n) is 2.63. The van der Waals surface area contributed by atoms with E-state index in [-0.39, 0.29) is 5.43 Å². The molecule has 0 saturated carbocycles. The molecule has 0 radical (unpaired) electrons. The fourth-order valence-corrected chi connectivity index (χ4v) is 2.89. The topological polar surface area (TPSA) is 30.2 Å². The van der Waals surface area contributed by atoms with Gasteiger partial charge >= 0.3 is 0 Å². The molecule has 0 amide bonds. The van der Waals surface area contributed by atoms with Crippen molar-refractivity contribution in [3.63, 3.8) is 0 Å². The van der Waals surface area contributed by atoms with Crippen LogP contribution in [0.2, 0.25) is 0 Å². The molecule has 0 atom stereocenters. The summed E-state index contributed by atoms with van der Waals surface area (Å²) in [6, 6.07) is 21.1. The number of hydrogen-bond acceptors (Lipinski definition) is 2. The molecule has 4 aromatic rings. The van der Waals surface area contributed by atoms with Crippen molar-refractivity contribution in [1.82, 2.24) is 0 Å². The van der Waals surface area contributed by atoms with Gasteiger partial charge in [-0.3, -0.25) is 4.79 Å². The van der Waals surface area contributed by atoms with Crippen molar-refractivity contribution in [2.75, 3.05) is 0 Å². The van der Waals surface area contributed by atoms with E-state index < -0.39 is 0 Å². The number of rotatable bonds is 1. The second kappa shape index (κ2) is 5.11. The second-order valence-electron chi connectivity index (χ2n) is 5.15. The lowest BCUT2D eigenvalue weighted by Crippen LogP contribution is -2.01. The molecule has 2 nitrogen and oxygen atoms in total. The molecule has 1 aromatic heterocycles. The van der Waals surface area contributed by atoms with E-state index in [1.807, 2.05) is 60.7 Å². The van der Waals surface area contributed by atoms with E-state index in [1.165, 1.54) is 0 Å². The van der Waals surface area contributed by atoms with Gasteiger partial charge in [0.25, 0.3) is 0 Å². The zero-order valence-electron chi connectivity index (χ0n) is 11.5. The van der Waals surface area contributed by atoms with Crippen molar-refractivity contribution in [1.29, 1.82) is 0 Å². The Bertz CT molecular complexity index is 1050. The van der Waals surface area contributed by atoms with E-state index in [9.17, 15) is 4.79 Å². The first-order chi connectivity index (χ1) is 10.7. The quantitative estimate of drug-likeness (QED) is 0.431. The Morgan fingerprint density at radius 1 is 0.727 bits per heavy atom. The average molecular weight is 351 g/mol. The maximum Gasteiger partial charge on any atom is 0.200 e. The molecule has 0 unspecified atom stereocenters. The Kier molecular flexibility index (Phi) is 3.09. The van der Waals surface area contributed by atoms with Crippen LogP contribution in [0.5, 0.6) is 0 Å². The molecule has 106 valence electrons. The Morgan fingerprint density at radius 2 is 1.41 bits per heavy atom. The molecule has 3 aromatic carbocycles. The summed E-state index contributed by atoms with van der Waals surface area (Å²) in [7, 11) is 0. The molecular formula is C19H11BrO2. The normalized spacial score (nSPS) is 11.1. The van der Waals surface area contributed by atoms with Crippen molar-refractivity contribution < 1.29 is 4.42 Å². The fraction of sp³-hybridized carbons (Fsp3) is 0. The molecule has 22 heavy (non-hydrogen) atoms. The van der Waals surface area contributed by atoms with Gasteiger partial charge in [0.15, 0.2) is 0 Å². The molecule has 0 aliphatic rings. The van der Waals surface area contributed by atoms with Crippen LogP contribution in [-0.4, -0.2) is 0 Å². The van der Waals surface area contributed by atoms with Gasteiger partial charge in [-0.25, -0.2) is 0 Å². The van der Waals surface area contributed by atoms with Gasteiger partial charge in [0.1, 0.15) is 11.2 Å². The van der Waals surface area contributed by atoms with E-state index in [1.54, 1.807) is 6.07 Å². The Morgan fingerprint density at radius 3 is 2.23 bits per heavy atom. The van der Waals surface area contributed by atoms with E-state index in [2.05, 4.69) is 15.9 Å². The van der Waals surface area contributed by atoms with E-state index >= 15 is 0 Å². The van der Waals surface area contributed by atoms with Crippen molar-refractivity contribution in [3.8, 4) is 11.1 Å². The standard InChI is InChI=1S/C19H11BrO2/c20-14-8-5-12(6-9-14)13-7-10-18-16(11-13)19(21)15-3-1-2-4-17(15)22-18/h1-11H. The van der Waals surface area contributed by atoms with Crippen LogP contribution in [0.1, 0.15) is 0 Å². The van der Waals surface area contributed by atoms with Gasteiger partial charge < -0.3 is 4.42 Å². The predicted octanol–water partition coefficient (Wildman–Crippen LogP) is 5.38. The molecular weight excluding hydrogens is 340 g/mol. The van der Waals surface area contributed by atoms with Crippen LogP contribution in [-0.2, 0) is 0 Å². The molecule has 1 heterocycles. The smallest absolute Gasteiger partial charge is 0.200 e. The minimum atomic E-state index is 0.0100. The summed E-state index contributed by atoms with van der Waals surface area (Å²) < 4.78 is 6.86. The summed E-state index contributed by atoms with van der Waals surface area (Å²) in [4.78, 5) is 12.7. The third-order valence-corrected chi connectivity index (χ3v) is 4.28. The summed E-state index contributed by atoms with van der Waals surface area (Å²) in [6.07, 6.45) is 0. The average Bonchev–Trinajstić information content (AvgIpc) is 2.56. The largest absolute Gasteiger partial charge is 0.456 e. The van der Waals surface area contributed by atoms with Gasteiger partial charge in [0.2, 0.25) is 5.43 Å². The number of fused-ring (bicyclic) bond motifs is 2. The summed E-state index contributed by atoms with van der Waals surface area (Å²) in [5.74, 6) is 0. The van der Waals surface area contributed by atoms with Gasteiger partial charge in [0, 0.05) is 4.47 Å². The number of hydrogen-bond donors (Lipinski definition) is 0. The first-order valence-electron chi connectivity index (χ1n) is 6.94. The van der Waals surface area contributed by atoms with Crippen LogP contribution >= 0.6 is 15.9 Å². The molecule has 0 aliphatic heterocycles. The van der Waals surface area contributed by atoms with Gasteiger partial charge in [-0.2, -0.15) is 0 Å². The van der Waals surface area contributed by atoms with Crippen LogP contribution in [0.3, 0.4) is 0 Å². The van der Waals surface area contributed by atoms with Gasteiger partial charge in [-0.05, 0) is 47.5 Å². The maximum absolute atomic E-state index is 12.7. The van der Waals surface area contributed by atoms with Crippen molar-refractivity contribution >= 4 is 37.9 Å². The number of para-hydroxylation sites is 1. The minimum Gasteiger partial charge on any atom is -0.456 e. The molecule has 0 bridgehead atoms. The monoisotopic (exact) mass is 350 g/mol. The van der Waals surface area contributed by atoms with Crippen LogP contribution < -0.4 is 5.43 Å². The van der Waals surface area contributed by atoms with E-state index in [0.29, 0.717) is 21.9 Å². The first-order valence-corrected chi connectivity index (χ1v) is 7.73. The number of halogens is 1. The van der Waals surface area contributed by atoms with Crippen LogP contribution in [0, 0.1) is 0 Å². The van der Waals surface area contributed by atoms with E-state index in [4.69, 9.17) is 4.42 Å². The van der Waals surface area contributed by atoms with Gasteiger partial charge in [-0.1, -0.05) is 46.3 Å². The van der Waals surface area contributed by atoms with Crippen LogP contribution in [0.15, 0.2) is 80.4 Å². The lowest BCUT2D eigenvalue weighted by molar-refractivity contribution is 0.660. The first kappa shape index (κ1) is 13.3. The summed E-state index contributed by atoms with van der Waals surface area (Å²) in [5, 5.41) is 1.22. The van der Waals surface area contributed by atoms with Gasteiger partial charge in [0.05, 0.1) is 10.8 Å². The molecule has 0 N–H and O–H groups in total. The highest BCUT2D eigenvalue weighted by atomic mass is 79.9.